The standard InChI is InChI=1S/C36H37N3O7/c1-4-20-36(24-43-22-27-14-8-5-9-15-27)31(44-23-28-16-10-6-11-17-28)30(45-26(3)40)34(46-36)39-21-25(2)32(38-35(39)42)37-33(41)29-18-12-7-13-19-29/h4-19,21,30-31,34H,1,20,22-24H2,2-3H3,(H,37,38,41,42)/t30-,31+,34-,36-/m1/s1. The van der Waals surface area contributed by atoms with Crippen LogP contribution in [0.3, 0.4) is 0 Å². The summed E-state index contributed by atoms with van der Waals surface area (Å²) in [4.78, 5) is 43.0. The van der Waals surface area contributed by atoms with E-state index in [9.17, 15) is 14.4 Å². The fourth-order valence-electron chi connectivity index (χ4n) is 5.50. The maximum absolute atomic E-state index is 13.6. The Bertz CT molecular complexity index is 1700. The molecule has 1 fully saturated rings. The Balaban J connectivity index is 1.50. The van der Waals surface area contributed by atoms with E-state index in [-0.39, 0.29) is 25.5 Å². The number of carbonyl (C=O) groups excluding carboxylic acids is 2. The zero-order chi connectivity index (χ0) is 32.5. The first kappa shape index (κ1) is 32.5. The zero-order valence-corrected chi connectivity index (χ0v) is 25.8. The average molecular weight is 624 g/mol. The molecule has 5 rings (SSSR count). The summed E-state index contributed by atoms with van der Waals surface area (Å²) in [5, 5.41) is 2.71. The topological polar surface area (TPSA) is 118 Å². The Hall–Kier alpha value is -4.90. The SMILES string of the molecule is C=CC[C@]1(COCc2ccccc2)O[C@@H](n2cc(C)c(NC(=O)c3ccccc3)nc2=O)[C@H](OC(C)=O)[C@@H]1OCc1ccccc1. The third-order valence-corrected chi connectivity index (χ3v) is 7.65. The van der Waals surface area contributed by atoms with Crippen molar-refractivity contribution in [2.24, 2.45) is 0 Å². The summed E-state index contributed by atoms with van der Waals surface area (Å²) in [6.07, 6.45) is 0.446. The van der Waals surface area contributed by atoms with Crippen molar-refractivity contribution in [1.82, 2.24) is 9.55 Å². The molecule has 0 aliphatic carbocycles. The number of nitrogens with one attached hydrogen (secondary N) is 1. The summed E-state index contributed by atoms with van der Waals surface area (Å²) in [6.45, 7) is 7.49. The average Bonchev–Trinajstić information content (AvgIpc) is 3.34. The number of benzene rings is 3. The van der Waals surface area contributed by atoms with Crippen molar-refractivity contribution < 1.29 is 28.5 Å². The van der Waals surface area contributed by atoms with Crippen LogP contribution in [0.5, 0.6) is 0 Å². The first-order chi connectivity index (χ1) is 22.3. The molecule has 1 aliphatic heterocycles. The smallest absolute Gasteiger partial charge is 0.351 e. The number of rotatable bonds is 13. The van der Waals surface area contributed by atoms with E-state index in [1.165, 1.54) is 17.7 Å². The van der Waals surface area contributed by atoms with Crippen LogP contribution in [-0.4, -0.2) is 45.8 Å². The lowest BCUT2D eigenvalue weighted by Gasteiger charge is -2.34. The van der Waals surface area contributed by atoms with Gasteiger partial charge in [-0.05, 0) is 36.6 Å². The predicted molar refractivity (Wildman–Crippen MR) is 172 cm³/mol. The molecule has 0 radical (unpaired) electrons. The van der Waals surface area contributed by atoms with Crippen molar-refractivity contribution in [3.05, 3.63) is 143 Å². The van der Waals surface area contributed by atoms with Crippen molar-refractivity contribution in [3.8, 4) is 0 Å². The van der Waals surface area contributed by atoms with Gasteiger partial charge in [-0.3, -0.25) is 14.2 Å². The number of carbonyl (C=O) groups is 2. The summed E-state index contributed by atoms with van der Waals surface area (Å²) in [5.41, 5.74) is 0.885. The fourth-order valence-corrected chi connectivity index (χ4v) is 5.50. The molecule has 2 heterocycles. The molecular formula is C36H37N3O7. The van der Waals surface area contributed by atoms with E-state index in [1.807, 2.05) is 60.7 Å². The number of nitrogens with zero attached hydrogens (tertiary/aromatic N) is 2. The first-order valence-corrected chi connectivity index (χ1v) is 15.0. The molecular weight excluding hydrogens is 586 g/mol. The molecule has 0 bridgehead atoms. The van der Waals surface area contributed by atoms with Gasteiger partial charge in [0.15, 0.2) is 12.3 Å². The maximum Gasteiger partial charge on any atom is 0.351 e. The number of esters is 1. The van der Waals surface area contributed by atoms with Gasteiger partial charge in [-0.25, -0.2) is 4.79 Å². The van der Waals surface area contributed by atoms with Gasteiger partial charge in [0.05, 0.1) is 19.8 Å². The molecule has 1 amide bonds. The lowest BCUT2D eigenvalue weighted by atomic mass is 9.91. The predicted octanol–water partition coefficient (Wildman–Crippen LogP) is 5.38. The molecule has 10 nitrogen and oxygen atoms in total. The monoisotopic (exact) mass is 623 g/mol. The second-order valence-electron chi connectivity index (χ2n) is 11.1. The van der Waals surface area contributed by atoms with E-state index < -0.39 is 41.6 Å². The van der Waals surface area contributed by atoms with Gasteiger partial charge in [0, 0.05) is 24.2 Å². The summed E-state index contributed by atoms with van der Waals surface area (Å²) >= 11 is 0. The minimum Gasteiger partial charge on any atom is -0.455 e. The molecule has 4 atom stereocenters. The number of anilines is 1. The molecule has 0 spiro atoms. The third-order valence-electron chi connectivity index (χ3n) is 7.65. The normalized spacial score (nSPS) is 20.6. The number of aromatic nitrogens is 2. The van der Waals surface area contributed by atoms with Crippen LogP contribution in [0.25, 0.3) is 0 Å². The van der Waals surface area contributed by atoms with Gasteiger partial charge < -0.3 is 24.3 Å². The minimum absolute atomic E-state index is 0.0496. The van der Waals surface area contributed by atoms with Gasteiger partial charge in [0.1, 0.15) is 17.5 Å². The Morgan fingerprint density at radius 2 is 1.59 bits per heavy atom. The Morgan fingerprint density at radius 1 is 0.978 bits per heavy atom. The molecule has 3 aromatic carbocycles. The van der Waals surface area contributed by atoms with Crippen LogP contribution in [0.1, 0.15) is 46.6 Å². The van der Waals surface area contributed by atoms with Crippen molar-refractivity contribution >= 4 is 17.7 Å². The van der Waals surface area contributed by atoms with Crippen molar-refractivity contribution in [2.75, 3.05) is 11.9 Å². The Morgan fingerprint density at radius 3 is 2.20 bits per heavy atom. The summed E-state index contributed by atoms with van der Waals surface area (Å²) < 4.78 is 26.5. The van der Waals surface area contributed by atoms with Gasteiger partial charge in [0.25, 0.3) is 5.91 Å². The van der Waals surface area contributed by atoms with Crippen LogP contribution in [0.4, 0.5) is 5.82 Å². The minimum atomic E-state index is -1.19. The molecule has 238 valence electrons. The van der Waals surface area contributed by atoms with Crippen molar-refractivity contribution in [1.29, 1.82) is 0 Å². The highest BCUT2D eigenvalue weighted by Gasteiger charge is 2.58. The molecule has 1 N–H and O–H groups in total. The van der Waals surface area contributed by atoms with Crippen LogP contribution in [0.2, 0.25) is 0 Å². The molecule has 1 aromatic heterocycles. The van der Waals surface area contributed by atoms with Gasteiger partial charge in [0.2, 0.25) is 0 Å². The molecule has 1 aliphatic rings. The van der Waals surface area contributed by atoms with Crippen LogP contribution >= 0.6 is 0 Å². The molecule has 46 heavy (non-hydrogen) atoms. The highest BCUT2D eigenvalue weighted by atomic mass is 16.6. The number of amides is 1. The fraction of sp³-hybridized carbons (Fsp3) is 0.278. The van der Waals surface area contributed by atoms with Crippen LogP contribution in [0, 0.1) is 6.92 Å². The molecule has 0 saturated carbocycles. The van der Waals surface area contributed by atoms with E-state index in [1.54, 1.807) is 43.3 Å². The lowest BCUT2D eigenvalue weighted by molar-refractivity contribution is -0.160. The van der Waals surface area contributed by atoms with E-state index in [4.69, 9.17) is 18.9 Å². The van der Waals surface area contributed by atoms with E-state index in [0.29, 0.717) is 17.7 Å². The Labute approximate surface area is 267 Å². The van der Waals surface area contributed by atoms with E-state index in [0.717, 1.165) is 11.1 Å². The van der Waals surface area contributed by atoms with Gasteiger partial charge in [-0.15, -0.1) is 6.58 Å². The third kappa shape index (κ3) is 7.66. The summed E-state index contributed by atoms with van der Waals surface area (Å²) in [5.74, 6) is -0.869. The van der Waals surface area contributed by atoms with Crippen molar-refractivity contribution in [2.45, 2.75) is 57.5 Å². The first-order valence-electron chi connectivity index (χ1n) is 15.0. The molecule has 0 unspecified atom stereocenters. The van der Waals surface area contributed by atoms with Crippen LogP contribution in [0.15, 0.2) is 115 Å². The second kappa shape index (κ2) is 14.9. The van der Waals surface area contributed by atoms with Crippen LogP contribution in [-0.2, 0) is 37.0 Å². The molecule has 4 aromatic rings. The molecule has 10 heteroatoms. The van der Waals surface area contributed by atoms with E-state index >= 15 is 0 Å². The van der Waals surface area contributed by atoms with Gasteiger partial charge in [-0.2, -0.15) is 4.98 Å². The number of hydrogen-bond acceptors (Lipinski definition) is 8. The highest BCUT2D eigenvalue weighted by molar-refractivity contribution is 6.04. The maximum atomic E-state index is 13.6. The summed E-state index contributed by atoms with van der Waals surface area (Å²) in [7, 11) is 0. The quantitative estimate of drug-likeness (QED) is 0.156. The molecule has 1 saturated heterocycles. The lowest BCUT2D eigenvalue weighted by Crippen LogP contribution is -2.49. The number of ether oxygens (including phenoxy) is 4. The summed E-state index contributed by atoms with van der Waals surface area (Å²) in [6, 6.07) is 27.9. The van der Waals surface area contributed by atoms with Gasteiger partial charge >= 0.3 is 11.7 Å². The second-order valence-corrected chi connectivity index (χ2v) is 11.1. The zero-order valence-electron chi connectivity index (χ0n) is 25.8. The van der Waals surface area contributed by atoms with E-state index in [2.05, 4.69) is 16.9 Å². The largest absolute Gasteiger partial charge is 0.455 e. The van der Waals surface area contributed by atoms with Crippen LogP contribution < -0.4 is 11.0 Å². The van der Waals surface area contributed by atoms with Crippen molar-refractivity contribution in [3.63, 3.8) is 0 Å². The number of aryl methyl sites for hydroxylation is 1. The van der Waals surface area contributed by atoms with Gasteiger partial charge in [-0.1, -0.05) is 84.9 Å². The Kier molecular flexibility index (Phi) is 10.5. The number of hydrogen-bond donors (Lipinski definition) is 1. The highest BCUT2D eigenvalue weighted by Crippen LogP contribution is 2.43.